The van der Waals surface area contributed by atoms with E-state index in [9.17, 15) is 0 Å². The molecule has 3 saturated heterocycles. The van der Waals surface area contributed by atoms with Crippen LogP contribution in [0.5, 0.6) is 0 Å². The highest BCUT2D eigenvalue weighted by Crippen LogP contribution is 2.22. The minimum Gasteiger partial charge on any atom is -0.376 e. The van der Waals surface area contributed by atoms with Crippen molar-refractivity contribution in [3.8, 4) is 0 Å². The third kappa shape index (κ3) is 3.73. The Kier molecular flexibility index (Phi) is 4.97. The lowest BCUT2D eigenvalue weighted by molar-refractivity contribution is -0.0438. The van der Waals surface area contributed by atoms with E-state index in [0.29, 0.717) is 6.10 Å². The summed E-state index contributed by atoms with van der Waals surface area (Å²) in [6, 6.07) is 0.809. The number of piperidine rings is 1. The van der Waals surface area contributed by atoms with Crippen LogP contribution in [0, 0.1) is 5.92 Å². The molecule has 3 rings (SSSR count). The molecule has 20 heavy (non-hydrogen) atoms. The molecule has 0 saturated carbocycles. The fraction of sp³-hybridized carbons (Fsp3) is 1.00. The monoisotopic (exact) mass is 281 g/mol. The van der Waals surface area contributed by atoms with Crippen molar-refractivity contribution in [3.05, 3.63) is 0 Å². The molecule has 3 aliphatic rings. The van der Waals surface area contributed by atoms with Gasteiger partial charge in [0.25, 0.3) is 0 Å². The van der Waals surface area contributed by atoms with Crippen molar-refractivity contribution in [2.24, 2.45) is 5.92 Å². The molecule has 0 unspecified atom stereocenters. The van der Waals surface area contributed by atoms with Crippen molar-refractivity contribution < 1.29 is 4.74 Å². The van der Waals surface area contributed by atoms with Crippen LogP contribution in [-0.4, -0.2) is 86.3 Å². The van der Waals surface area contributed by atoms with Crippen LogP contribution >= 0.6 is 0 Å². The Bertz CT molecular complexity index is 304. The van der Waals surface area contributed by atoms with Gasteiger partial charge in [-0.25, -0.2) is 0 Å². The zero-order chi connectivity index (χ0) is 13.9. The maximum atomic E-state index is 5.66. The van der Waals surface area contributed by atoms with E-state index >= 15 is 0 Å². The van der Waals surface area contributed by atoms with Crippen LogP contribution in [0.3, 0.4) is 0 Å². The Morgan fingerprint density at radius 1 is 1.00 bits per heavy atom. The summed E-state index contributed by atoms with van der Waals surface area (Å²) in [6.07, 6.45) is 4.54. The van der Waals surface area contributed by atoms with E-state index in [0.717, 1.165) is 31.7 Å². The molecule has 0 N–H and O–H groups in total. The van der Waals surface area contributed by atoms with Gasteiger partial charge in [0.2, 0.25) is 0 Å². The predicted molar refractivity (Wildman–Crippen MR) is 82.1 cm³/mol. The van der Waals surface area contributed by atoms with Crippen LogP contribution in [0.2, 0.25) is 0 Å². The van der Waals surface area contributed by atoms with Gasteiger partial charge in [-0.05, 0) is 58.8 Å². The van der Waals surface area contributed by atoms with Crippen LogP contribution < -0.4 is 0 Å². The standard InChI is InChI=1S/C16H31N3O/c1-14-11-19(9-10-20-14)16-4-7-18(8-5-16)13-15-3-6-17(2)12-15/h14-16H,3-13H2,1-2H3/t14-,15-/m0/s1. The molecule has 0 spiro atoms. The van der Waals surface area contributed by atoms with Crippen LogP contribution in [0.25, 0.3) is 0 Å². The number of ether oxygens (including phenoxy) is 1. The number of likely N-dealkylation sites (tertiary alicyclic amines) is 2. The van der Waals surface area contributed by atoms with Gasteiger partial charge in [-0.2, -0.15) is 0 Å². The van der Waals surface area contributed by atoms with Crippen molar-refractivity contribution >= 4 is 0 Å². The van der Waals surface area contributed by atoms with E-state index < -0.39 is 0 Å². The van der Waals surface area contributed by atoms with E-state index in [1.807, 2.05) is 0 Å². The van der Waals surface area contributed by atoms with Gasteiger partial charge in [-0.1, -0.05) is 0 Å². The van der Waals surface area contributed by atoms with Crippen molar-refractivity contribution in [2.45, 2.75) is 38.3 Å². The predicted octanol–water partition coefficient (Wildman–Crippen LogP) is 1.12. The summed E-state index contributed by atoms with van der Waals surface area (Å²) in [5.74, 6) is 0.917. The summed E-state index contributed by atoms with van der Waals surface area (Å²) in [5, 5.41) is 0. The maximum Gasteiger partial charge on any atom is 0.0674 e. The lowest BCUT2D eigenvalue weighted by Gasteiger charge is -2.42. The first-order chi connectivity index (χ1) is 9.70. The molecule has 0 aromatic carbocycles. The summed E-state index contributed by atoms with van der Waals surface area (Å²) in [5.41, 5.74) is 0. The van der Waals surface area contributed by atoms with E-state index in [-0.39, 0.29) is 0 Å². The van der Waals surface area contributed by atoms with Crippen LogP contribution in [0.4, 0.5) is 0 Å². The van der Waals surface area contributed by atoms with E-state index in [1.165, 1.54) is 52.0 Å². The molecule has 3 fully saturated rings. The van der Waals surface area contributed by atoms with Crippen molar-refractivity contribution in [2.75, 3.05) is 59.5 Å². The third-order valence-corrected chi connectivity index (χ3v) is 5.35. The highest BCUT2D eigenvalue weighted by molar-refractivity contribution is 4.84. The molecule has 0 radical (unpaired) electrons. The van der Waals surface area contributed by atoms with Gasteiger partial charge in [0.1, 0.15) is 0 Å². The molecular weight excluding hydrogens is 250 g/mol. The van der Waals surface area contributed by atoms with Gasteiger partial charge < -0.3 is 14.5 Å². The first kappa shape index (κ1) is 14.8. The van der Waals surface area contributed by atoms with E-state index in [2.05, 4.69) is 28.7 Å². The minimum absolute atomic E-state index is 0.427. The zero-order valence-corrected chi connectivity index (χ0v) is 13.3. The molecule has 116 valence electrons. The van der Waals surface area contributed by atoms with Crippen molar-refractivity contribution in [1.29, 1.82) is 0 Å². The quantitative estimate of drug-likeness (QED) is 0.772. The average Bonchev–Trinajstić information content (AvgIpc) is 2.85. The molecule has 0 amide bonds. The molecule has 3 heterocycles. The second-order valence-corrected chi connectivity index (χ2v) is 7.13. The minimum atomic E-state index is 0.427. The maximum absolute atomic E-state index is 5.66. The molecule has 0 aliphatic carbocycles. The van der Waals surface area contributed by atoms with Gasteiger partial charge >= 0.3 is 0 Å². The number of morpholine rings is 1. The number of hydrogen-bond acceptors (Lipinski definition) is 4. The summed E-state index contributed by atoms with van der Waals surface area (Å²) in [6.45, 7) is 12.0. The normalized spacial score (nSPS) is 35.7. The second kappa shape index (κ2) is 6.73. The number of nitrogens with zero attached hydrogens (tertiary/aromatic N) is 3. The topological polar surface area (TPSA) is 19.0 Å². The molecular formula is C16H31N3O. The first-order valence-corrected chi connectivity index (χ1v) is 8.47. The van der Waals surface area contributed by atoms with Gasteiger partial charge in [-0.3, -0.25) is 4.90 Å². The number of rotatable bonds is 3. The molecule has 4 heteroatoms. The molecule has 0 bridgehead atoms. The molecule has 4 nitrogen and oxygen atoms in total. The number of hydrogen-bond donors (Lipinski definition) is 0. The Hall–Kier alpha value is -0.160. The smallest absolute Gasteiger partial charge is 0.0674 e. The van der Waals surface area contributed by atoms with Crippen molar-refractivity contribution in [1.82, 2.24) is 14.7 Å². The Labute approximate surface area is 124 Å². The van der Waals surface area contributed by atoms with Gasteiger partial charge in [0.15, 0.2) is 0 Å². The lowest BCUT2D eigenvalue weighted by Crippen LogP contribution is -2.51. The molecule has 2 atom stereocenters. The molecule has 0 aromatic rings. The van der Waals surface area contributed by atoms with Gasteiger partial charge in [-0.15, -0.1) is 0 Å². The Morgan fingerprint density at radius 3 is 2.45 bits per heavy atom. The Morgan fingerprint density at radius 2 is 1.80 bits per heavy atom. The van der Waals surface area contributed by atoms with Crippen LogP contribution in [-0.2, 0) is 4.74 Å². The highest BCUT2D eigenvalue weighted by atomic mass is 16.5. The van der Waals surface area contributed by atoms with E-state index in [1.54, 1.807) is 0 Å². The summed E-state index contributed by atoms with van der Waals surface area (Å²) in [7, 11) is 2.26. The van der Waals surface area contributed by atoms with Gasteiger partial charge in [0, 0.05) is 32.2 Å². The fourth-order valence-electron chi connectivity index (χ4n) is 4.18. The average molecular weight is 281 g/mol. The van der Waals surface area contributed by atoms with E-state index in [4.69, 9.17) is 4.74 Å². The summed E-state index contributed by atoms with van der Waals surface area (Å²) >= 11 is 0. The largest absolute Gasteiger partial charge is 0.376 e. The second-order valence-electron chi connectivity index (χ2n) is 7.13. The zero-order valence-electron chi connectivity index (χ0n) is 13.3. The first-order valence-electron chi connectivity index (χ1n) is 8.47. The lowest BCUT2D eigenvalue weighted by atomic mass is 10.00. The third-order valence-electron chi connectivity index (χ3n) is 5.35. The summed E-state index contributed by atoms with van der Waals surface area (Å²) < 4.78 is 5.66. The van der Waals surface area contributed by atoms with Crippen LogP contribution in [0.15, 0.2) is 0 Å². The SMILES string of the molecule is C[C@H]1CN(C2CCN(C[C@H]3CCN(C)C3)CC2)CCO1. The fourth-order valence-corrected chi connectivity index (χ4v) is 4.18. The highest BCUT2D eigenvalue weighted by Gasteiger charge is 2.29. The Balaban J connectivity index is 1.40. The van der Waals surface area contributed by atoms with Crippen molar-refractivity contribution in [3.63, 3.8) is 0 Å². The summed E-state index contributed by atoms with van der Waals surface area (Å²) in [4.78, 5) is 7.87. The molecule has 0 aromatic heterocycles. The van der Waals surface area contributed by atoms with Gasteiger partial charge in [0.05, 0.1) is 12.7 Å². The van der Waals surface area contributed by atoms with Crippen LogP contribution in [0.1, 0.15) is 26.2 Å². The molecule has 3 aliphatic heterocycles.